The molecular formula is C22H22N2O4S. The van der Waals surface area contributed by atoms with Crippen molar-refractivity contribution >= 4 is 34.1 Å². The average Bonchev–Trinajstić information content (AvgIpc) is 3.25. The van der Waals surface area contributed by atoms with Gasteiger partial charge in [0.2, 0.25) is 0 Å². The second-order valence-corrected chi connectivity index (χ2v) is 8.13. The van der Waals surface area contributed by atoms with Crippen LogP contribution in [0.25, 0.3) is 21.5 Å². The molecule has 1 aliphatic heterocycles. The van der Waals surface area contributed by atoms with Crippen molar-refractivity contribution in [3.63, 3.8) is 0 Å². The molecule has 29 heavy (non-hydrogen) atoms. The number of para-hydroxylation sites is 1. The number of morpholine rings is 1. The van der Waals surface area contributed by atoms with E-state index in [1.807, 2.05) is 55.6 Å². The number of carbonyl (C=O) groups is 2. The zero-order valence-electron chi connectivity index (χ0n) is 16.3. The topological polar surface area (TPSA) is 68.7 Å². The van der Waals surface area contributed by atoms with E-state index in [2.05, 4.69) is 4.98 Å². The maximum absolute atomic E-state index is 12.9. The van der Waals surface area contributed by atoms with Gasteiger partial charge < -0.3 is 14.4 Å². The van der Waals surface area contributed by atoms with E-state index in [1.54, 1.807) is 22.3 Å². The van der Waals surface area contributed by atoms with Gasteiger partial charge in [-0.25, -0.2) is 9.78 Å². The number of rotatable bonds is 4. The van der Waals surface area contributed by atoms with Crippen LogP contribution in [0.15, 0.2) is 47.8 Å². The molecule has 1 fully saturated rings. The first-order chi connectivity index (χ1) is 14.0. The number of aromatic nitrogens is 1. The van der Waals surface area contributed by atoms with Gasteiger partial charge in [0.15, 0.2) is 6.61 Å². The molecule has 0 saturated carbocycles. The highest BCUT2D eigenvalue weighted by Gasteiger charge is 2.27. The van der Waals surface area contributed by atoms with Crippen LogP contribution in [0.4, 0.5) is 0 Å². The molecule has 4 rings (SSSR count). The summed E-state index contributed by atoms with van der Waals surface area (Å²) in [5, 5.41) is 2.67. The summed E-state index contributed by atoms with van der Waals surface area (Å²) in [5.74, 6) is -0.735. The van der Waals surface area contributed by atoms with Crippen LogP contribution in [-0.2, 0) is 14.3 Å². The average molecular weight is 410 g/mol. The lowest BCUT2D eigenvalue weighted by atomic mass is 10.1. The van der Waals surface area contributed by atoms with E-state index in [0.717, 1.165) is 4.88 Å². The summed E-state index contributed by atoms with van der Waals surface area (Å²) >= 11 is 1.56. The summed E-state index contributed by atoms with van der Waals surface area (Å²) in [4.78, 5) is 32.7. The largest absolute Gasteiger partial charge is 0.452 e. The van der Waals surface area contributed by atoms with Gasteiger partial charge in [-0.2, -0.15) is 0 Å². The summed E-state index contributed by atoms with van der Waals surface area (Å²) in [6.07, 6.45) is -0.0632. The number of hydrogen-bond acceptors (Lipinski definition) is 6. The third-order valence-corrected chi connectivity index (χ3v) is 5.70. The smallest absolute Gasteiger partial charge is 0.339 e. The molecule has 2 atom stereocenters. The van der Waals surface area contributed by atoms with Gasteiger partial charge in [-0.15, -0.1) is 11.3 Å². The van der Waals surface area contributed by atoms with E-state index in [1.165, 1.54) is 0 Å². The van der Waals surface area contributed by atoms with E-state index in [0.29, 0.717) is 35.2 Å². The number of hydrogen-bond donors (Lipinski definition) is 0. The fourth-order valence-corrected chi connectivity index (χ4v) is 4.26. The standard InChI is InChI=1S/C22H22N2O4S/c1-14-11-24(12-15(2)28-14)21(25)13-27-22(26)17-10-19(20-8-5-9-29-20)23-18-7-4-3-6-16(17)18/h3-10,14-15H,11-13H2,1-2H3/t14-,15+. The lowest BCUT2D eigenvalue weighted by Gasteiger charge is -2.35. The summed E-state index contributed by atoms with van der Waals surface area (Å²) in [7, 11) is 0. The van der Waals surface area contributed by atoms with Crippen molar-refractivity contribution in [1.82, 2.24) is 9.88 Å². The van der Waals surface area contributed by atoms with Crippen LogP contribution in [0, 0.1) is 0 Å². The Balaban J connectivity index is 1.54. The SMILES string of the molecule is C[C@@H]1CN(C(=O)COC(=O)c2cc(-c3cccs3)nc3ccccc23)C[C@H](C)O1. The second-order valence-electron chi connectivity index (χ2n) is 7.18. The van der Waals surface area contributed by atoms with Crippen molar-refractivity contribution < 1.29 is 19.1 Å². The lowest BCUT2D eigenvalue weighted by molar-refractivity contribution is -0.146. The number of pyridine rings is 1. The summed E-state index contributed by atoms with van der Waals surface area (Å²) in [5.41, 5.74) is 1.84. The van der Waals surface area contributed by atoms with Crippen LogP contribution in [0.3, 0.4) is 0 Å². The molecule has 150 valence electrons. The minimum absolute atomic E-state index is 0.0316. The predicted molar refractivity (Wildman–Crippen MR) is 112 cm³/mol. The molecular weight excluding hydrogens is 388 g/mol. The Labute approximate surface area is 173 Å². The highest BCUT2D eigenvalue weighted by molar-refractivity contribution is 7.13. The molecule has 7 heteroatoms. The Kier molecular flexibility index (Phi) is 5.60. The quantitative estimate of drug-likeness (QED) is 0.613. The number of amides is 1. The second kappa shape index (κ2) is 8.31. The van der Waals surface area contributed by atoms with Crippen LogP contribution >= 0.6 is 11.3 Å². The van der Waals surface area contributed by atoms with Crippen LogP contribution in [0.1, 0.15) is 24.2 Å². The normalized spacial score (nSPS) is 19.3. The van der Waals surface area contributed by atoms with E-state index in [-0.39, 0.29) is 24.7 Å². The van der Waals surface area contributed by atoms with E-state index < -0.39 is 5.97 Å². The van der Waals surface area contributed by atoms with Crippen LogP contribution in [0.5, 0.6) is 0 Å². The maximum Gasteiger partial charge on any atom is 0.339 e. The van der Waals surface area contributed by atoms with Crippen molar-refractivity contribution in [2.24, 2.45) is 0 Å². The maximum atomic E-state index is 12.9. The van der Waals surface area contributed by atoms with Crippen LogP contribution < -0.4 is 0 Å². The zero-order chi connectivity index (χ0) is 20.4. The van der Waals surface area contributed by atoms with Gasteiger partial charge in [-0.05, 0) is 37.4 Å². The fraction of sp³-hybridized carbons (Fsp3) is 0.318. The Bertz CT molecular complexity index is 1020. The molecule has 2 aromatic heterocycles. The van der Waals surface area contributed by atoms with Crippen LogP contribution in [0.2, 0.25) is 0 Å². The van der Waals surface area contributed by atoms with Crippen molar-refractivity contribution in [2.75, 3.05) is 19.7 Å². The lowest BCUT2D eigenvalue weighted by Crippen LogP contribution is -2.49. The van der Waals surface area contributed by atoms with E-state index in [9.17, 15) is 9.59 Å². The Morgan fingerprint density at radius 2 is 1.93 bits per heavy atom. The Hall–Kier alpha value is -2.77. The van der Waals surface area contributed by atoms with Gasteiger partial charge >= 0.3 is 5.97 Å². The third kappa shape index (κ3) is 4.31. The van der Waals surface area contributed by atoms with Gasteiger partial charge in [-0.3, -0.25) is 4.79 Å². The van der Waals surface area contributed by atoms with Gasteiger partial charge in [0.25, 0.3) is 5.91 Å². The number of benzene rings is 1. The monoisotopic (exact) mass is 410 g/mol. The van der Waals surface area contributed by atoms with Gasteiger partial charge in [0.05, 0.1) is 33.9 Å². The molecule has 1 saturated heterocycles. The molecule has 1 aliphatic rings. The molecule has 0 unspecified atom stereocenters. The molecule has 3 aromatic rings. The molecule has 0 N–H and O–H groups in total. The number of thiophene rings is 1. The first-order valence-corrected chi connectivity index (χ1v) is 10.4. The highest BCUT2D eigenvalue weighted by atomic mass is 32.1. The Morgan fingerprint density at radius 3 is 2.66 bits per heavy atom. The number of ether oxygens (including phenoxy) is 2. The van der Waals surface area contributed by atoms with E-state index in [4.69, 9.17) is 9.47 Å². The van der Waals surface area contributed by atoms with Gasteiger partial charge in [0.1, 0.15) is 0 Å². The molecule has 6 nitrogen and oxygen atoms in total. The minimum atomic E-state index is -0.524. The van der Waals surface area contributed by atoms with Crippen molar-refractivity contribution in [1.29, 1.82) is 0 Å². The number of nitrogens with zero attached hydrogens (tertiary/aromatic N) is 2. The first-order valence-electron chi connectivity index (χ1n) is 9.55. The minimum Gasteiger partial charge on any atom is -0.452 e. The fourth-order valence-electron chi connectivity index (χ4n) is 3.57. The summed E-state index contributed by atoms with van der Waals surface area (Å²) in [6.45, 7) is 4.57. The molecule has 0 bridgehead atoms. The number of fused-ring (bicyclic) bond motifs is 1. The molecule has 0 aliphatic carbocycles. The number of carbonyl (C=O) groups excluding carboxylic acids is 2. The molecule has 0 spiro atoms. The Morgan fingerprint density at radius 1 is 1.17 bits per heavy atom. The van der Waals surface area contributed by atoms with Crippen molar-refractivity contribution in [3.05, 3.63) is 53.4 Å². The van der Waals surface area contributed by atoms with Gasteiger partial charge in [0, 0.05) is 18.5 Å². The highest BCUT2D eigenvalue weighted by Crippen LogP contribution is 2.28. The molecule has 1 amide bonds. The third-order valence-electron chi connectivity index (χ3n) is 4.81. The first kappa shape index (κ1) is 19.5. The van der Waals surface area contributed by atoms with Crippen molar-refractivity contribution in [3.8, 4) is 10.6 Å². The van der Waals surface area contributed by atoms with Gasteiger partial charge in [-0.1, -0.05) is 24.3 Å². The van der Waals surface area contributed by atoms with Crippen molar-refractivity contribution in [2.45, 2.75) is 26.1 Å². The molecule has 1 aromatic carbocycles. The zero-order valence-corrected chi connectivity index (χ0v) is 17.1. The predicted octanol–water partition coefficient (Wildman–Crippen LogP) is 3.76. The molecule has 0 radical (unpaired) electrons. The van der Waals surface area contributed by atoms with Crippen LogP contribution in [-0.4, -0.2) is 53.7 Å². The number of esters is 1. The van der Waals surface area contributed by atoms with E-state index >= 15 is 0 Å². The molecule has 3 heterocycles. The summed E-state index contributed by atoms with van der Waals surface area (Å²) in [6, 6.07) is 13.1. The summed E-state index contributed by atoms with van der Waals surface area (Å²) < 4.78 is 11.0.